The molecule has 0 spiro atoms. The van der Waals surface area contributed by atoms with E-state index in [0.717, 1.165) is 0 Å². The first-order valence-electron chi connectivity index (χ1n) is 10.5. The minimum atomic E-state index is -4.08. The normalized spacial score (nSPS) is 11.6. The molecule has 0 aliphatic carbocycles. The molecule has 180 valence electrons. The molecule has 0 saturated carbocycles. The maximum Gasteiger partial charge on any atom is 0.265 e. The second-order valence-electron chi connectivity index (χ2n) is 7.78. The molecule has 1 heterocycles. The van der Waals surface area contributed by atoms with Gasteiger partial charge in [0.1, 0.15) is 16.4 Å². The molecule has 3 rings (SSSR count). The number of rotatable bonds is 9. The number of alkyl halides is 1. The molecule has 0 atom stereocenters. The predicted molar refractivity (Wildman–Crippen MR) is 128 cm³/mol. The Kier molecular flexibility index (Phi) is 7.41. The lowest BCUT2D eigenvalue weighted by Gasteiger charge is -2.18. The van der Waals surface area contributed by atoms with E-state index >= 15 is 0 Å². The van der Waals surface area contributed by atoms with Crippen molar-refractivity contribution in [1.82, 2.24) is 4.98 Å². The van der Waals surface area contributed by atoms with Crippen molar-refractivity contribution in [3.63, 3.8) is 0 Å². The van der Waals surface area contributed by atoms with Crippen LogP contribution in [0, 0.1) is 6.92 Å². The minimum Gasteiger partial charge on any atom is -0.492 e. The molecule has 34 heavy (non-hydrogen) atoms. The van der Waals surface area contributed by atoms with Crippen LogP contribution in [0.5, 0.6) is 11.5 Å². The van der Waals surface area contributed by atoms with Gasteiger partial charge in [-0.1, -0.05) is 6.07 Å². The third kappa shape index (κ3) is 6.44. The van der Waals surface area contributed by atoms with Gasteiger partial charge in [0.15, 0.2) is 0 Å². The van der Waals surface area contributed by atoms with Crippen LogP contribution in [-0.4, -0.2) is 31.8 Å². The van der Waals surface area contributed by atoms with Gasteiger partial charge in [0.25, 0.3) is 15.9 Å². The number of anilines is 2. The van der Waals surface area contributed by atoms with E-state index in [-0.39, 0.29) is 34.6 Å². The zero-order valence-corrected chi connectivity index (χ0v) is 20.1. The van der Waals surface area contributed by atoms with E-state index in [0.29, 0.717) is 16.9 Å². The number of pyridine rings is 1. The summed E-state index contributed by atoms with van der Waals surface area (Å²) in [4.78, 5) is 16.6. The fourth-order valence-corrected chi connectivity index (χ4v) is 4.29. The van der Waals surface area contributed by atoms with E-state index in [4.69, 9.17) is 9.47 Å². The number of hydrogen-bond acceptors (Lipinski definition) is 6. The molecule has 1 aromatic heterocycles. The first kappa shape index (κ1) is 25.0. The van der Waals surface area contributed by atoms with Gasteiger partial charge in [-0.05, 0) is 50.2 Å². The van der Waals surface area contributed by atoms with Gasteiger partial charge in [-0.3, -0.25) is 14.5 Å². The second kappa shape index (κ2) is 10.1. The molecule has 0 bridgehead atoms. The summed E-state index contributed by atoms with van der Waals surface area (Å²) in [6.07, 6.45) is 1.59. The largest absolute Gasteiger partial charge is 0.492 e. The topological polar surface area (TPSA) is 107 Å². The Balaban J connectivity index is 1.86. The maximum absolute atomic E-state index is 13.8. The SMILES string of the molecule is CCOc1cc(NC(=O)c2cccnc2C)ccc1S(=O)(=O)Nc1cccc(OC(C)(C)F)c1. The molecule has 0 radical (unpaired) electrons. The van der Waals surface area contributed by atoms with Crippen molar-refractivity contribution in [2.24, 2.45) is 0 Å². The first-order chi connectivity index (χ1) is 16.0. The monoisotopic (exact) mass is 487 g/mol. The number of ether oxygens (including phenoxy) is 2. The average Bonchev–Trinajstić information content (AvgIpc) is 2.73. The molecule has 10 heteroatoms. The van der Waals surface area contributed by atoms with Gasteiger partial charge in [0.05, 0.1) is 17.9 Å². The third-order valence-corrected chi connectivity index (χ3v) is 5.91. The zero-order valence-electron chi connectivity index (χ0n) is 19.3. The fourth-order valence-electron chi connectivity index (χ4n) is 3.11. The first-order valence-corrected chi connectivity index (χ1v) is 12.0. The fraction of sp³-hybridized carbons (Fsp3) is 0.250. The van der Waals surface area contributed by atoms with Gasteiger partial charge in [0, 0.05) is 43.6 Å². The van der Waals surface area contributed by atoms with E-state index in [2.05, 4.69) is 15.0 Å². The van der Waals surface area contributed by atoms with Gasteiger partial charge in [0.2, 0.25) is 5.85 Å². The van der Waals surface area contributed by atoms with Crippen molar-refractivity contribution >= 4 is 27.3 Å². The van der Waals surface area contributed by atoms with Gasteiger partial charge in [-0.2, -0.15) is 4.39 Å². The number of amides is 1. The minimum absolute atomic E-state index is 0.0630. The predicted octanol–water partition coefficient (Wildman–Crippen LogP) is 4.93. The highest BCUT2D eigenvalue weighted by atomic mass is 32.2. The number of benzene rings is 2. The molecule has 8 nitrogen and oxygen atoms in total. The number of carbonyl (C=O) groups is 1. The van der Waals surface area contributed by atoms with Gasteiger partial charge in [-0.25, -0.2) is 8.42 Å². The lowest BCUT2D eigenvalue weighted by molar-refractivity contribution is -0.0256. The van der Waals surface area contributed by atoms with Crippen molar-refractivity contribution in [2.45, 2.75) is 38.4 Å². The highest BCUT2D eigenvalue weighted by Gasteiger charge is 2.22. The maximum atomic E-state index is 13.8. The molecule has 0 unspecified atom stereocenters. The smallest absolute Gasteiger partial charge is 0.265 e. The van der Waals surface area contributed by atoms with E-state index < -0.39 is 15.9 Å². The Morgan fingerprint density at radius 2 is 1.85 bits per heavy atom. The van der Waals surface area contributed by atoms with Crippen LogP contribution in [0.1, 0.15) is 36.8 Å². The molecule has 2 N–H and O–H groups in total. The summed E-state index contributed by atoms with van der Waals surface area (Å²) < 4.78 is 53.1. The number of nitrogens with zero attached hydrogens (tertiary/aromatic N) is 1. The summed E-state index contributed by atoms with van der Waals surface area (Å²) >= 11 is 0. The molecule has 0 fully saturated rings. The van der Waals surface area contributed by atoms with Crippen molar-refractivity contribution in [2.75, 3.05) is 16.6 Å². The number of aromatic nitrogens is 1. The van der Waals surface area contributed by atoms with Crippen molar-refractivity contribution < 1.29 is 27.1 Å². The summed E-state index contributed by atoms with van der Waals surface area (Å²) in [7, 11) is -4.08. The number of hydrogen-bond donors (Lipinski definition) is 2. The summed E-state index contributed by atoms with van der Waals surface area (Å²) in [6.45, 7) is 6.13. The van der Waals surface area contributed by atoms with Crippen LogP contribution in [0.25, 0.3) is 0 Å². The van der Waals surface area contributed by atoms with E-state index in [1.165, 1.54) is 50.2 Å². The van der Waals surface area contributed by atoms with E-state index in [1.807, 2.05) is 0 Å². The Morgan fingerprint density at radius 1 is 1.09 bits per heavy atom. The van der Waals surface area contributed by atoms with Crippen LogP contribution in [0.2, 0.25) is 0 Å². The Labute approximate surface area is 198 Å². The van der Waals surface area contributed by atoms with Crippen LogP contribution >= 0.6 is 0 Å². The summed E-state index contributed by atoms with van der Waals surface area (Å²) in [5, 5.41) is 2.73. The Hall–Kier alpha value is -3.66. The summed E-state index contributed by atoms with van der Waals surface area (Å²) in [5.74, 6) is -2.07. The lowest BCUT2D eigenvalue weighted by atomic mass is 10.2. The third-order valence-electron chi connectivity index (χ3n) is 4.49. The van der Waals surface area contributed by atoms with Gasteiger partial charge >= 0.3 is 0 Å². The lowest BCUT2D eigenvalue weighted by Crippen LogP contribution is -2.21. The standard InChI is InChI=1S/C24H26FN3O5S/c1-5-32-21-15-17(27-23(29)20-10-7-13-26-16(20)2)11-12-22(21)34(30,31)28-18-8-6-9-19(14-18)33-24(3,4)25/h6-15,28H,5H2,1-4H3,(H,27,29). The van der Waals surface area contributed by atoms with Crippen LogP contribution in [0.4, 0.5) is 15.8 Å². The zero-order chi connectivity index (χ0) is 24.9. The van der Waals surface area contributed by atoms with Gasteiger partial charge in [-0.15, -0.1) is 0 Å². The number of carbonyl (C=O) groups excluding carboxylic acids is 1. The highest BCUT2D eigenvalue weighted by Crippen LogP contribution is 2.31. The van der Waals surface area contributed by atoms with E-state index in [9.17, 15) is 17.6 Å². The van der Waals surface area contributed by atoms with Crippen LogP contribution < -0.4 is 19.5 Å². The van der Waals surface area contributed by atoms with Crippen molar-refractivity contribution in [3.05, 3.63) is 72.1 Å². The number of halogens is 1. The molecule has 0 aliphatic heterocycles. The molecule has 1 amide bonds. The molecule has 3 aromatic rings. The molecule has 0 aliphatic rings. The molecule has 0 saturated heterocycles. The van der Waals surface area contributed by atoms with Crippen molar-refractivity contribution in [1.29, 1.82) is 0 Å². The van der Waals surface area contributed by atoms with E-state index in [1.54, 1.807) is 38.2 Å². The van der Waals surface area contributed by atoms with Crippen LogP contribution in [0.3, 0.4) is 0 Å². The van der Waals surface area contributed by atoms with Crippen molar-refractivity contribution in [3.8, 4) is 11.5 Å². The Bertz CT molecular complexity index is 1290. The second-order valence-corrected chi connectivity index (χ2v) is 9.43. The number of aryl methyl sites for hydroxylation is 1. The number of sulfonamides is 1. The summed E-state index contributed by atoms with van der Waals surface area (Å²) in [5.41, 5.74) is 1.51. The van der Waals surface area contributed by atoms with Gasteiger partial charge < -0.3 is 14.8 Å². The number of nitrogens with one attached hydrogen (secondary N) is 2. The van der Waals surface area contributed by atoms with Crippen LogP contribution in [0.15, 0.2) is 65.7 Å². The molecular weight excluding hydrogens is 461 g/mol. The molecule has 2 aromatic carbocycles. The quantitative estimate of drug-likeness (QED) is 0.443. The highest BCUT2D eigenvalue weighted by molar-refractivity contribution is 7.92. The average molecular weight is 488 g/mol. The molecular formula is C24H26FN3O5S. The summed E-state index contributed by atoms with van der Waals surface area (Å²) in [6, 6.07) is 13.5. The van der Waals surface area contributed by atoms with Crippen LogP contribution in [-0.2, 0) is 10.0 Å². The Morgan fingerprint density at radius 3 is 2.53 bits per heavy atom.